The average molecular weight is 1530 g/mol. The van der Waals surface area contributed by atoms with E-state index in [0.29, 0.717) is 63.6 Å². The van der Waals surface area contributed by atoms with Gasteiger partial charge in [0.05, 0.1) is 29.6 Å². The molecule has 12 rings (SSSR count). The van der Waals surface area contributed by atoms with Crippen molar-refractivity contribution in [2.75, 3.05) is 91.8 Å². The molecule has 22 heteroatoms. The van der Waals surface area contributed by atoms with Crippen LogP contribution < -0.4 is 55.1 Å². The van der Waals surface area contributed by atoms with Gasteiger partial charge in [0.15, 0.2) is 0 Å². The number of rotatable bonds is 39. The number of aromatic nitrogens is 4. The molecule has 7 N–H and O–H groups in total. The molecule has 2 aliphatic heterocycles. The van der Waals surface area contributed by atoms with Crippen LogP contribution in [0, 0.1) is 0 Å². The summed E-state index contributed by atoms with van der Waals surface area (Å²) in [5, 5.41) is 43.1. The number of ether oxygens (including phenoxy) is 2. The Balaban J connectivity index is 0.000000232. The first-order valence-corrected chi connectivity index (χ1v) is 39.9. The van der Waals surface area contributed by atoms with E-state index < -0.39 is 30.3 Å². The molecule has 0 spiro atoms. The van der Waals surface area contributed by atoms with Crippen LogP contribution in [0.25, 0.3) is 21.8 Å². The van der Waals surface area contributed by atoms with Crippen LogP contribution in [0.3, 0.4) is 0 Å². The number of allylic oxidation sites excluding steroid dienone is 8. The normalized spacial score (nSPS) is 15.6. The molecule has 0 bridgehead atoms. The minimum absolute atomic E-state index is 0. The van der Waals surface area contributed by atoms with Crippen LogP contribution in [0.4, 0.5) is 0 Å². The first-order chi connectivity index (χ1) is 54.3. The minimum Gasteiger partial charge on any atom is -0.549 e. The van der Waals surface area contributed by atoms with E-state index in [1.165, 1.54) is 22.3 Å². The fourth-order valence-corrected chi connectivity index (χ4v) is 14.6. The molecule has 21 nitrogen and oxygen atoms in total. The van der Waals surface area contributed by atoms with Gasteiger partial charge in [-0.1, -0.05) is 140 Å². The summed E-state index contributed by atoms with van der Waals surface area (Å²) in [6.45, 7) is 7.10. The number of carboxylic acids is 1. The smallest absolute Gasteiger partial charge is 0.549 e. The molecule has 4 aromatic heterocycles. The Labute approximate surface area is 680 Å². The van der Waals surface area contributed by atoms with Crippen molar-refractivity contribution in [2.24, 2.45) is 5.73 Å². The zero-order valence-corrected chi connectivity index (χ0v) is 65.3. The van der Waals surface area contributed by atoms with Crippen molar-refractivity contribution in [1.29, 1.82) is 0 Å². The second-order valence-electron chi connectivity index (χ2n) is 29.4. The zero-order valence-electron chi connectivity index (χ0n) is 65.3. The van der Waals surface area contributed by atoms with Gasteiger partial charge in [0.1, 0.15) is 43.0 Å². The van der Waals surface area contributed by atoms with Crippen LogP contribution in [0.1, 0.15) is 120 Å². The molecule has 4 atom stereocenters. The fourth-order valence-electron chi connectivity index (χ4n) is 14.6. The van der Waals surface area contributed by atoms with E-state index in [9.17, 15) is 34.5 Å². The number of fused-ring (bicyclic) bond motifs is 2. The Hall–Kier alpha value is -9.24. The number of amides is 3. The number of aliphatic hydroxyl groups is 2. The van der Waals surface area contributed by atoms with Crippen LogP contribution in [-0.2, 0) is 44.9 Å². The Morgan fingerprint density at radius 1 is 0.469 bits per heavy atom. The van der Waals surface area contributed by atoms with E-state index in [-0.39, 0.29) is 82.4 Å². The Morgan fingerprint density at radius 3 is 1.34 bits per heavy atom. The molecule has 596 valence electrons. The molecule has 8 aromatic rings. The Bertz CT molecular complexity index is 4130. The van der Waals surface area contributed by atoms with E-state index in [2.05, 4.69) is 136 Å². The maximum atomic E-state index is 14.0. The molecular weight excluding hydrogens is 1410 g/mol. The number of β-amino-alcohol motifs (C(OH)–C–C–N with tert-alkyl or cyclic N) is 2. The quantitative estimate of drug-likeness (QED) is 0.0203. The summed E-state index contributed by atoms with van der Waals surface area (Å²) in [4.78, 5) is 76.2. The summed E-state index contributed by atoms with van der Waals surface area (Å²) in [7, 11) is 0. The number of aliphatic hydroxyl groups excluding tert-OH is 2. The predicted molar refractivity (Wildman–Crippen MR) is 443 cm³/mol. The number of hydrogen-bond donors (Lipinski definition) is 6. The van der Waals surface area contributed by atoms with Crippen molar-refractivity contribution in [3.05, 3.63) is 253 Å². The van der Waals surface area contributed by atoms with Gasteiger partial charge in [0, 0.05) is 138 Å². The molecule has 0 unspecified atom stereocenters. The maximum absolute atomic E-state index is 14.0. The molecule has 4 aromatic carbocycles. The standard InChI is InChI=1S/C45H54N6O4.C27H37N3O.C18H23N3O4.CH4.Li/c52-39(34-55-43-23-9-22-41-40(43)21-11-25-47-41)32-50-26-28-51(29-27-50)33-44(53)49-42(30-37-18-10-24-46-31-37)45(54)48-38(19-7-16-35-12-3-1-4-13-35)20-8-17-36-14-5-2-6-15-36;28-26(20-24-16-9-19-29-21-24)27(31)30-25(17-7-14-22-10-3-1-4-11-22)18-8-15-23-12-5-2-6-13-23;22-14(11-20-7-9-21(10-8-20)12-18(23)24)13-25-17-5-1-4-16-15(17)3-2-6-19-16;;/h1-6,9-15,18,21-25,31,38-39,42,52H,7-8,16-17,19-20,26-30,32-34H2,(H,48,54)(H,49,53);3,5,9-13,16,19,21,25-26H,1-2,4,6-8,14-15,17-18,20,28H2,(H,30,31);1-6,14,22H,7-13H2,(H,23,24);1H4;/q;;;;+1/p-1/t39-,42+;26-;14-;;/m101../s1. The molecule has 0 saturated carbocycles. The summed E-state index contributed by atoms with van der Waals surface area (Å²) in [6, 6.07) is 46.5. The predicted octanol–water partition coefficient (Wildman–Crippen LogP) is 7.56. The molecule has 2 fully saturated rings. The number of nitrogens with one attached hydrogen (secondary N) is 3. The van der Waals surface area contributed by atoms with Gasteiger partial charge in [-0.05, 0) is 192 Å². The van der Waals surface area contributed by atoms with Gasteiger partial charge in [-0.25, -0.2) is 0 Å². The molecule has 4 aliphatic rings. The van der Waals surface area contributed by atoms with Crippen LogP contribution in [-0.4, -0.2) is 202 Å². The number of carboxylic acid groups (broad SMARTS) is 1. The summed E-state index contributed by atoms with van der Waals surface area (Å²) in [5.41, 5.74) is 15.3. The first-order valence-electron chi connectivity index (χ1n) is 39.9. The SMILES string of the molecule is C.N[C@@H](Cc1cccnc1)C(=O)NC(CCCC1=CCCC=C1)CCCC1=CCCC=C1.O=C(CN1CCN(C[C@@H](O)COc2cccc3ncccc23)CC1)N[C@@H](Cc1cccnc1)C(=O)NC(CCCc1ccccc1)CCCc1ccccc1.O=C([O-])CN1CCN(C[C@@H](O)COc2cccc3ncccc23)CC1.[Li+]. The number of pyridine rings is 4. The molecule has 3 amide bonds. The number of aliphatic carboxylic acids is 1. The van der Waals surface area contributed by atoms with Crippen LogP contribution in [0.2, 0.25) is 0 Å². The minimum atomic E-state index is -1.05. The van der Waals surface area contributed by atoms with Gasteiger partial charge in [-0.2, -0.15) is 0 Å². The molecule has 113 heavy (non-hydrogen) atoms. The van der Waals surface area contributed by atoms with Crippen molar-refractivity contribution >= 4 is 45.5 Å². The zero-order chi connectivity index (χ0) is 77.5. The van der Waals surface area contributed by atoms with Gasteiger partial charge < -0.3 is 51.3 Å². The van der Waals surface area contributed by atoms with E-state index in [1.54, 1.807) is 37.2 Å². The van der Waals surface area contributed by atoms with Crippen molar-refractivity contribution in [2.45, 2.75) is 159 Å². The number of carbonyl (C=O) groups is 4. The average Bonchev–Trinajstić information content (AvgIpc) is 0.834. The van der Waals surface area contributed by atoms with Gasteiger partial charge in [0.25, 0.3) is 0 Å². The number of nitrogens with two attached hydrogens (primary N) is 1. The number of nitrogens with zero attached hydrogens (tertiary/aromatic N) is 8. The van der Waals surface area contributed by atoms with Crippen molar-refractivity contribution in [3.63, 3.8) is 0 Å². The largest absolute Gasteiger partial charge is 1.00 e. The van der Waals surface area contributed by atoms with E-state index in [4.69, 9.17) is 15.2 Å². The number of piperazine rings is 2. The van der Waals surface area contributed by atoms with Gasteiger partial charge >= 0.3 is 18.9 Å². The molecule has 2 aliphatic carbocycles. The van der Waals surface area contributed by atoms with E-state index >= 15 is 0 Å². The maximum Gasteiger partial charge on any atom is 1.00 e. The molecule has 2 saturated heterocycles. The molecule has 0 radical (unpaired) electrons. The fraction of sp³-hybridized carbons (Fsp3) is 0.429. The summed E-state index contributed by atoms with van der Waals surface area (Å²) < 4.78 is 11.8. The monoisotopic (exact) mass is 1530 g/mol. The topological polar surface area (TPSA) is 277 Å². The van der Waals surface area contributed by atoms with Gasteiger partial charge in [-0.3, -0.25) is 53.9 Å². The summed E-state index contributed by atoms with van der Waals surface area (Å²) >= 11 is 0. The second-order valence-corrected chi connectivity index (χ2v) is 29.4. The first kappa shape index (κ1) is 89.3. The second kappa shape index (κ2) is 50.1. The van der Waals surface area contributed by atoms with Crippen molar-refractivity contribution < 1.29 is 62.8 Å². The number of aryl methyl sites for hydroxylation is 2. The molecular formula is C91H117LiN12O9. The number of hydrogen-bond acceptors (Lipinski definition) is 18. The van der Waals surface area contributed by atoms with Crippen molar-refractivity contribution in [1.82, 2.24) is 55.5 Å². The third-order valence-corrected chi connectivity index (χ3v) is 20.6. The Morgan fingerprint density at radius 2 is 0.894 bits per heavy atom. The van der Waals surface area contributed by atoms with E-state index in [1.807, 2.05) is 102 Å². The Kier molecular flexibility index (Phi) is 39.6. The van der Waals surface area contributed by atoms with E-state index in [0.717, 1.165) is 162 Å². The summed E-state index contributed by atoms with van der Waals surface area (Å²) in [6.07, 6.45) is 40.2. The molecule has 6 heterocycles. The number of benzene rings is 4. The van der Waals surface area contributed by atoms with Crippen molar-refractivity contribution in [3.8, 4) is 11.5 Å². The summed E-state index contributed by atoms with van der Waals surface area (Å²) in [5.74, 6) is -0.0300. The number of carbonyl (C=O) groups excluding carboxylic acids is 4. The van der Waals surface area contributed by atoms with Gasteiger partial charge in [0.2, 0.25) is 17.7 Å². The third-order valence-electron chi connectivity index (χ3n) is 20.6. The van der Waals surface area contributed by atoms with Crippen LogP contribution >= 0.6 is 0 Å². The van der Waals surface area contributed by atoms with Crippen LogP contribution in [0.15, 0.2) is 230 Å². The third kappa shape index (κ3) is 32.6. The van der Waals surface area contributed by atoms with Gasteiger partial charge in [-0.15, -0.1) is 0 Å². The van der Waals surface area contributed by atoms with Crippen LogP contribution in [0.5, 0.6) is 11.5 Å².